The molecule has 4 aliphatic carbocycles. The summed E-state index contributed by atoms with van der Waals surface area (Å²) in [5.74, 6) is -1.74. The van der Waals surface area contributed by atoms with E-state index in [1.807, 2.05) is 13.0 Å². The normalized spacial score (nSPS) is 65.9. The van der Waals surface area contributed by atoms with Crippen molar-refractivity contribution in [3.05, 3.63) is 12.2 Å². The number of carbonyl (C=O) groups is 2. The van der Waals surface area contributed by atoms with E-state index in [1.54, 1.807) is 19.9 Å². The number of epoxide rings is 1. The molecule has 2 spiro atoms. The first-order valence-electron chi connectivity index (χ1n) is 13.7. The summed E-state index contributed by atoms with van der Waals surface area (Å²) in [5.41, 5.74) is -5.41. The summed E-state index contributed by atoms with van der Waals surface area (Å²) < 4.78 is 26.5. The SMILES string of the molecule is C[C@]1(O)CC[C@H]2[C@H]3[C@H](O[C@]4([C@@H]5C[C@@]6(C)C(=O)O[C@@H]5C[C@@]6(C)O)CC[C@@]31O4)[C@H]1O[C@]13CC=CC(=O)[C@]23C. The molecule has 13 atom stereocenters. The molecule has 36 heavy (non-hydrogen) atoms. The number of rotatable bonds is 1. The Labute approximate surface area is 210 Å². The molecule has 5 aliphatic heterocycles. The van der Waals surface area contributed by atoms with E-state index in [1.165, 1.54) is 0 Å². The standard InChI is InChI=1S/C28H36O8/c1-22-12-15(16(33-21(22)30)13-24(22,3)32)28-11-10-26(36-28)18-14(7-9-23(26,2)31)25(4)17(29)6-5-8-27(25)20(35-27)19(18)34-28/h5-6,14-16,18-20,31-32H,7-13H2,1-4H3/t14-,15+,16+,18-,19-,20+,22-,23-,24+,25-,26+,27+,28+/m0/s1. The molecule has 0 radical (unpaired) electrons. The average molecular weight is 501 g/mol. The van der Waals surface area contributed by atoms with Crippen molar-refractivity contribution in [2.45, 2.75) is 119 Å². The fourth-order valence-electron chi connectivity index (χ4n) is 10.2. The predicted molar refractivity (Wildman–Crippen MR) is 123 cm³/mol. The molecule has 8 fully saturated rings. The molecule has 196 valence electrons. The number of allylic oxidation sites excluding steroid dienone is 1. The highest BCUT2D eigenvalue weighted by molar-refractivity contribution is 5.98. The van der Waals surface area contributed by atoms with E-state index in [2.05, 4.69) is 6.92 Å². The molecule has 8 heteroatoms. The van der Waals surface area contributed by atoms with E-state index < -0.39 is 45.1 Å². The van der Waals surface area contributed by atoms with Gasteiger partial charge < -0.3 is 29.2 Å². The summed E-state index contributed by atoms with van der Waals surface area (Å²) in [6, 6.07) is 0. The lowest BCUT2D eigenvalue weighted by Gasteiger charge is -2.66. The summed E-state index contributed by atoms with van der Waals surface area (Å²) in [6.45, 7) is 7.44. The molecule has 4 bridgehead atoms. The van der Waals surface area contributed by atoms with Crippen LogP contribution >= 0.6 is 0 Å². The Hall–Kier alpha value is -1.32. The third-order valence-corrected chi connectivity index (χ3v) is 12.7. The van der Waals surface area contributed by atoms with Gasteiger partial charge in [0.2, 0.25) is 0 Å². The number of ether oxygens (including phenoxy) is 4. The molecular weight excluding hydrogens is 464 g/mol. The second-order valence-corrected chi connectivity index (χ2v) is 14.0. The Balaban J connectivity index is 1.26. The highest BCUT2D eigenvalue weighted by Gasteiger charge is 2.86. The van der Waals surface area contributed by atoms with Gasteiger partial charge in [-0.15, -0.1) is 0 Å². The maximum Gasteiger partial charge on any atom is 0.315 e. The van der Waals surface area contributed by atoms with Gasteiger partial charge in [0.1, 0.15) is 23.4 Å². The number of hydrogen-bond acceptors (Lipinski definition) is 8. The zero-order valence-electron chi connectivity index (χ0n) is 21.4. The lowest BCUT2D eigenvalue weighted by Crippen LogP contribution is -2.77. The van der Waals surface area contributed by atoms with Crippen LogP contribution < -0.4 is 0 Å². The highest BCUT2D eigenvalue weighted by atomic mass is 16.8. The van der Waals surface area contributed by atoms with Gasteiger partial charge in [-0.05, 0) is 71.8 Å². The first-order valence-corrected chi connectivity index (χ1v) is 13.7. The highest BCUT2D eigenvalue weighted by Crippen LogP contribution is 2.76. The van der Waals surface area contributed by atoms with E-state index in [-0.39, 0.29) is 41.7 Å². The van der Waals surface area contributed by atoms with Crippen molar-refractivity contribution in [2.24, 2.45) is 28.6 Å². The molecular formula is C28H36O8. The van der Waals surface area contributed by atoms with Crippen molar-refractivity contribution < 1.29 is 38.7 Å². The largest absolute Gasteiger partial charge is 0.461 e. The van der Waals surface area contributed by atoms with Gasteiger partial charge in [-0.1, -0.05) is 6.08 Å². The first kappa shape index (κ1) is 22.6. The van der Waals surface area contributed by atoms with Crippen molar-refractivity contribution in [3.8, 4) is 0 Å². The second kappa shape index (κ2) is 5.96. The van der Waals surface area contributed by atoms with Crippen LogP contribution in [0.2, 0.25) is 0 Å². The summed E-state index contributed by atoms with van der Waals surface area (Å²) in [4.78, 5) is 26.3. The molecule has 5 saturated heterocycles. The van der Waals surface area contributed by atoms with Gasteiger partial charge in [0.25, 0.3) is 0 Å². The molecule has 9 aliphatic rings. The molecule has 0 aromatic rings. The number of ketones is 1. The number of esters is 1. The van der Waals surface area contributed by atoms with Crippen LogP contribution in [0.25, 0.3) is 0 Å². The van der Waals surface area contributed by atoms with E-state index in [4.69, 9.17) is 18.9 Å². The van der Waals surface area contributed by atoms with Gasteiger partial charge in [-0.25, -0.2) is 0 Å². The number of carbonyl (C=O) groups excluding carboxylic acids is 2. The van der Waals surface area contributed by atoms with E-state index in [9.17, 15) is 19.8 Å². The van der Waals surface area contributed by atoms with Gasteiger partial charge in [0, 0.05) is 18.8 Å². The van der Waals surface area contributed by atoms with Crippen LogP contribution in [0.1, 0.15) is 72.6 Å². The van der Waals surface area contributed by atoms with Crippen LogP contribution in [0.3, 0.4) is 0 Å². The molecule has 9 rings (SSSR count). The quantitative estimate of drug-likeness (QED) is 0.416. The van der Waals surface area contributed by atoms with Gasteiger partial charge >= 0.3 is 5.97 Å². The minimum Gasteiger partial charge on any atom is -0.461 e. The monoisotopic (exact) mass is 500 g/mol. The van der Waals surface area contributed by atoms with Crippen LogP contribution in [-0.4, -0.2) is 68.5 Å². The maximum absolute atomic E-state index is 13.5. The number of hydrogen-bond donors (Lipinski definition) is 2. The molecule has 3 saturated carbocycles. The number of aliphatic hydroxyl groups is 2. The average Bonchev–Trinajstić information content (AvgIpc) is 3.45. The van der Waals surface area contributed by atoms with Crippen LogP contribution in [0.4, 0.5) is 0 Å². The Morgan fingerprint density at radius 3 is 2.44 bits per heavy atom. The fraction of sp³-hybridized carbons (Fsp3) is 0.857. The molecule has 8 nitrogen and oxygen atoms in total. The maximum atomic E-state index is 13.5. The van der Waals surface area contributed by atoms with Crippen molar-refractivity contribution >= 4 is 11.8 Å². The third-order valence-electron chi connectivity index (χ3n) is 12.7. The van der Waals surface area contributed by atoms with Crippen molar-refractivity contribution in [3.63, 3.8) is 0 Å². The van der Waals surface area contributed by atoms with Gasteiger partial charge in [0.05, 0.1) is 34.1 Å². The summed E-state index contributed by atoms with van der Waals surface area (Å²) in [5, 5.41) is 23.1. The topological polar surface area (TPSA) is 115 Å². The molecule has 0 amide bonds. The molecule has 2 N–H and O–H groups in total. The van der Waals surface area contributed by atoms with Crippen LogP contribution in [0.5, 0.6) is 0 Å². The van der Waals surface area contributed by atoms with Gasteiger partial charge in [-0.3, -0.25) is 9.59 Å². The van der Waals surface area contributed by atoms with Crippen LogP contribution in [0, 0.1) is 28.6 Å². The molecule has 0 aromatic heterocycles. The third kappa shape index (κ3) is 2.08. The Bertz CT molecular complexity index is 1140. The van der Waals surface area contributed by atoms with Crippen LogP contribution in [0.15, 0.2) is 12.2 Å². The lowest BCUT2D eigenvalue weighted by molar-refractivity contribution is -0.418. The van der Waals surface area contributed by atoms with E-state index in [0.717, 1.165) is 0 Å². The molecule has 0 unspecified atom stereocenters. The fourth-order valence-corrected chi connectivity index (χ4v) is 10.2. The second-order valence-electron chi connectivity index (χ2n) is 14.0. The van der Waals surface area contributed by atoms with E-state index >= 15 is 0 Å². The van der Waals surface area contributed by atoms with Gasteiger partial charge in [0.15, 0.2) is 11.6 Å². The summed E-state index contributed by atoms with van der Waals surface area (Å²) in [7, 11) is 0. The Kier molecular flexibility index (Phi) is 3.75. The smallest absolute Gasteiger partial charge is 0.315 e. The summed E-state index contributed by atoms with van der Waals surface area (Å²) in [6.07, 6.45) is 6.44. The Morgan fingerprint density at radius 2 is 1.69 bits per heavy atom. The minimum atomic E-state index is -1.17. The Morgan fingerprint density at radius 1 is 0.917 bits per heavy atom. The predicted octanol–water partition coefficient (Wildman–Crippen LogP) is 2.19. The van der Waals surface area contributed by atoms with Crippen molar-refractivity contribution in [1.82, 2.24) is 0 Å². The molecule has 5 heterocycles. The van der Waals surface area contributed by atoms with Crippen LogP contribution in [-0.2, 0) is 28.5 Å². The summed E-state index contributed by atoms with van der Waals surface area (Å²) >= 11 is 0. The zero-order chi connectivity index (χ0) is 25.3. The zero-order valence-corrected chi connectivity index (χ0v) is 21.4. The first-order chi connectivity index (χ1) is 16.8. The van der Waals surface area contributed by atoms with Gasteiger partial charge in [-0.2, -0.15) is 0 Å². The molecule has 0 aromatic carbocycles. The van der Waals surface area contributed by atoms with E-state index in [0.29, 0.717) is 44.9 Å². The van der Waals surface area contributed by atoms with Crippen molar-refractivity contribution in [1.29, 1.82) is 0 Å². The minimum absolute atomic E-state index is 0.0195. The lowest BCUT2D eigenvalue weighted by atomic mass is 9.44. The number of fused-ring (bicyclic) bond motifs is 7. The van der Waals surface area contributed by atoms with Crippen molar-refractivity contribution in [2.75, 3.05) is 0 Å².